The van der Waals surface area contributed by atoms with Gasteiger partial charge in [0.1, 0.15) is 5.75 Å². The number of nitrogens with one attached hydrogen (secondary N) is 1. The lowest BCUT2D eigenvalue weighted by Gasteiger charge is -2.24. The lowest BCUT2D eigenvalue weighted by Crippen LogP contribution is -2.39. The summed E-state index contributed by atoms with van der Waals surface area (Å²) in [4.78, 5) is 25.5. The highest BCUT2D eigenvalue weighted by Crippen LogP contribution is 2.37. The molecule has 3 rings (SSSR count). The first kappa shape index (κ1) is 23.2. The monoisotopic (exact) mass is 451 g/mol. The topological polar surface area (TPSA) is 103 Å². The molecule has 2 aromatic carbocycles. The molecule has 0 bridgehead atoms. The van der Waals surface area contributed by atoms with Crippen molar-refractivity contribution in [3.63, 3.8) is 0 Å². The van der Waals surface area contributed by atoms with Crippen LogP contribution in [0.3, 0.4) is 0 Å². The van der Waals surface area contributed by atoms with Crippen LogP contribution in [0.1, 0.15) is 18.4 Å². The van der Waals surface area contributed by atoms with Crippen molar-refractivity contribution in [2.75, 3.05) is 26.1 Å². The smallest absolute Gasteiger partial charge is 0.387 e. The summed E-state index contributed by atoms with van der Waals surface area (Å²) >= 11 is 0. The molecule has 1 aliphatic heterocycles. The molecule has 0 aliphatic carbocycles. The second kappa shape index (κ2) is 10.2. The lowest BCUT2D eigenvalue weighted by atomic mass is 10.1. The fourth-order valence-electron chi connectivity index (χ4n) is 3.67. The number of nitro benzene ring substituents is 1. The number of methoxy groups -OCH3 is 2. The Morgan fingerprint density at radius 3 is 2.53 bits per heavy atom. The third-order valence-electron chi connectivity index (χ3n) is 5.17. The summed E-state index contributed by atoms with van der Waals surface area (Å²) in [7, 11) is 2.80. The number of carbonyl (C=O) groups is 1. The molecule has 1 N–H and O–H groups in total. The maximum atomic E-state index is 12.8. The van der Waals surface area contributed by atoms with E-state index < -0.39 is 23.3 Å². The Balaban J connectivity index is 1.80. The number of likely N-dealkylation sites (tertiary alicyclic amines) is 1. The van der Waals surface area contributed by atoms with Crippen LogP contribution in [0, 0.1) is 10.1 Å². The zero-order chi connectivity index (χ0) is 23.3. The molecule has 1 aliphatic rings. The first-order valence-electron chi connectivity index (χ1n) is 9.81. The van der Waals surface area contributed by atoms with E-state index in [-0.39, 0.29) is 29.5 Å². The molecule has 0 spiro atoms. The van der Waals surface area contributed by atoms with Crippen LogP contribution in [0.5, 0.6) is 17.2 Å². The first-order chi connectivity index (χ1) is 15.3. The normalized spacial score (nSPS) is 16.1. The van der Waals surface area contributed by atoms with Crippen LogP contribution in [0.2, 0.25) is 0 Å². The van der Waals surface area contributed by atoms with Gasteiger partial charge >= 0.3 is 6.61 Å². The van der Waals surface area contributed by atoms with Crippen molar-refractivity contribution in [1.29, 1.82) is 0 Å². The number of halogens is 2. The molecule has 9 nitrogen and oxygen atoms in total. The van der Waals surface area contributed by atoms with Crippen molar-refractivity contribution in [3.8, 4) is 17.2 Å². The molecule has 32 heavy (non-hydrogen) atoms. The van der Waals surface area contributed by atoms with Gasteiger partial charge in [0.2, 0.25) is 5.91 Å². The summed E-state index contributed by atoms with van der Waals surface area (Å²) in [6, 6.07) is 8.59. The van der Waals surface area contributed by atoms with Crippen molar-refractivity contribution in [2.45, 2.75) is 32.0 Å². The number of anilines is 1. The van der Waals surface area contributed by atoms with E-state index in [1.54, 1.807) is 31.4 Å². The van der Waals surface area contributed by atoms with Crippen LogP contribution in [0.4, 0.5) is 20.2 Å². The van der Waals surface area contributed by atoms with Gasteiger partial charge in [-0.05, 0) is 49.7 Å². The van der Waals surface area contributed by atoms with E-state index >= 15 is 0 Å². The van der Waals surface area contributed by atoms with Crippen LogP contribution in [0.25, 0.3) is 0 Å². The molecule has 2 aromatic rings. The number of hydrogen-bond donors (Lipinski definition) is 1. The Labute approximate surface area is 183 Å². The fourth-order valence-corrected chi connectivity index (χ4v) is 3.67. The van der Waals surface area contributed by atoms with Crippen molar-refractivity contribution >= 4 is 17.3 Å². The zero-order valence-electron chi connectivity index (χ0n) is 17.5. The number of alkyl halides is 2. The first-order valence-corrected chi connectivity index (χ1v) is 9.81. The summed E-state index contributed by atoms with van der Waals surface area (Å²) < 4.78 is 39.8. The van der Waals surface area contributed by atoms with Crippen LogP contribution in [0.15, 0.2) is 36.4 Å². The SMILES string of the molecule is COc1ccc(NC(=O)C2CCCN2Cc2cc(OC)c(OC(F)F)cc2[N+](=O)[O-])cc1. The molecule has 0 radical (unpaired) electrons. The number of hydrogen-bond acceptors (Lipinski definition) is 7. The second-order valence-electron chi connectivity index (χ2n) is 7.11. The quantitative estimate of drug-likeness (QED) is 0.457. The number of carbonyl (C=O) groups excluding carboxylic acids is 1. The number of amides is 1. The van der Waals surface area contributed by atoms with Gasteiger partial charge in [-0.3, -0.25) is 19.8 Å². The third kappa shape index (κ3) is 5.41. The standard InChI is InChI=1S/C21H23F2N3O6/c1-30-15-7-5-14(6-8-15)24-20(27)16-4-3-9-25(16)12-13-10-18(31-2)19(32-21(22)23)11-17(13)26(28)29/h5-8,10-11,16,21H,3-4,9,12H2,1-2H3,(H,24,27). The zero-order valence-corrected chi connectivity index (χ0v) is 17.5. The number of nitro groups is 1. The molecule has 1 heterocycles. The molecule has 1 saturated heterocycles. The molecule has 0 saturated carbocycles. The number of nitrogens with zero attached hydrogens (tertiary/aromatic N) is 2. The van der Waals surface area contributed by atoms with E-state index in [0.29, 0.717) is 24.4 Å². The molecule has 1 unspecified atom stereocenters. The Bertz CT molecular complexity index is 971. The van der Waals surface area contributed by atoms with Crippen LogP contribution in [-0.2, 0) is 11.3 Å². The van der Waals surface area contributed by atoms with Gasteiger partial charge in [-0.25, -0.2) is 0 Å². The maximum absolute atomic E-state index is 12.8. The lowest BCUT2D eigenvalue weighted by molar-refractivity contribution is -0.385. The Hall–Kier alpha value is -3.47. The van der Waals surface area contributed by atoms with Gasteiger partial charge in [0.25, 0.3) is 5.69 Å². The van der Waals surface area contributed by atoms with Gasteiger partial charge in [-0.1, -0.05) is 0 Å². The van der Waals surface area contributed by atoms with Crippen LogP contribution >= 0.6 is 0 Å². The van der Waals surface area contributed by atoms with E-state index in [1.807, 2.05) is 4.90 Å². The Kier molecular flexibility index (Phi) is 7.41. The minimum atomic E-state index is -3.15. The average molecular weight is 451 g/mol. The van der Waals surface area contributed by atoms with Crippen LogP contribution in [-0.4, -0.2) is 49.1 Å². The molecule has 1 amide bonds. The highest BCUT2D eigenvalue weighted by molar-refractivity contribution is 5.95. The summed E-state index contributed by atoms with van der Waals surface area (Å²) in [5.41, 5.74) is 0.448. The van der Waals surface area contributed by atoms with E-state index in [4.69, 9.17) is 9.47 Å². The number of benzene rings is 2. The molecule has 172 valence electrons. The van der Waals surface area contributed by atoms with E-state index in [0.717, 1.165) is 12.5 Å². The second-order valence-corrected chi connectivity index (χ2v) is 7.11. The summed E-state index contributed by atoms with van der Waals surface area (Å²) in [5.74, 6) is -0.0524. The average Bonchev–Trinajstić information content (AvgIpc) is 3.22. The highest BCUT2D eigenvalue weighted by atomic mass is 19.3. The number of ether oxygens (including phenoxy) is 3. The predicted octanol–water partition coefficient (Wildman–Crippen LogP) is 3.82. The largest absolute Gasteiger partial charge is 0.497 e. The van der Waals surface area contributed by atoms with Gasteiger partial charge in [0.05, 0.1) is 31.3 Å². The van der Waals surface area contributed by atoms with Gasteiger partial charge in [-0.15, -0.1) is 0 Å². The highest BCUT2D eigenvalue weighted by Gasteiger charge is 2.33. The Morgan fingerprint density at radius 2 is 1.94 bits per heavy atom. The minimum Gasteiger partial charge on any atom is -0.497 e. The van der Waals surface area contributed by atoms with Gasteiger partial charge < -0.3 is 19.5 Å². The molecule has 1 fully saturated rings. The fraction of sp³-hybridized carbons (Fsp3) is 0.381. The molecular weight excluding hydrogens is 428 g/mol. The van der Waals surface area contributed by atoms with Crippen molar-refractivity contribution in [2.24, 2.45) is 0 Å². The van der Waals surface area contributed by atoms with Crippen LogP contribution < -0.4 is 19.5 Å². The van der Waals surface area contributed by atoms with Gasteiger partial charge in [0.15, 0.2) is 11.5 Å². The summed E-state index contributed by atoms with van der Waals surface area (Å²) in [6.07, 6.45) is 1.32. The third-order valence-corrected chi connectivity index (χ3v) is 5.17. The molecule has 11 heteroatoms. The molecule has 1 atom stereocenters. The predicted molar refractivity (Wildman–Crippen MR) is 111 cm³/mol. The summed E-state index contributed by atoms with van der Waals surface area (Å²) in [6.45, 7) is -2.53. The number of rotatable bonds is 9. The summed E-state index contributed by atoms with van der Waals surface area (Å²) in [5, 5.41) is 14.4. The minimum absolute atomic E-state index is 0.0515. The van der Waals surface area contributed by atoms with Crippen molar-refractivity contribution < 1.29 is 32.7 Å². The van der Waals surface area contributed by atoms with Crippen molar-refractivity contribution in [3.05, 3.63) is 52.1 Å². The van der Waals surface area contributed by atoms with E-state index in [1.165, 1.54) is 13.2 Å². The van der Waals surface area contributed by atoms with Crippen molar-refractivity contribution in [1.82, 2.24) is 4.90 Å². The van der Waals surface area contributed by atoms with E-state index in [9.17, 15) is 23.7 Å². The molecule has 0 aromatic heterocycles. The maximum Gasteiger partial charge on any atom is 0.387 e. The Morgan fingerprint density at radius 1 is 1.22 bits per heavy atom. The van der Waals surface area contributed by atoms with E-state index in [2.05, 4.69) is 10.1 Å². The molecular formula is C21H23F2N3O6. The van der Waals surface area contributed by atoms with Gasteiger partial charge in [-0.2, -0.15) is 8.78 Å². The van der Waals surface area contributed by atoms with Gasteiger partial charge in [0, 0.05) is 17.8 Å².